The number of rotatable bonds is 52. The number of esters is 3. The Balaban J connectivity index is 4.08. The summed E-state index contributed by atoms with van der Waals surface area (Å²) in [5.74, 6) is -0.863. The third-order valence-electron chi connectivity index (χ3n) is 12.6. The van der Waals surface area contributed by atoms with Crippen LogP contribution in [-0.4, -0.2) is 37.2 Å². The Kier molecular flexibility index (Phi) is 52.3. The molecular formula is C59H108O6. The average molecular weight is 914 g/mol. The number of carbonyl (C=O) groups excluding carboxylic acids is 3. The summed E-state index contributed by atoms with van der Waals surface area (Å²) in [6.45, 7) is 6.61. The number of hydrogen-bond acceptors (Lipinski definition) is 6. The highest BCUT2D eigenvalue weighted by Gasteiger charge is 2.19. The number of unbranched alkanes of at least 4 members (excludes halogenated alkanes) is 35. The number of carbonyl (C=O) groups is 3. The van der Waals surface area contributed by atoms with Gasteiger partial charge in [-0.1, -0.05) is 263 Å². The normalized spacial score (nSPS) is 12.2. The molecule has 6 nitrogen and oxygen atoms in total. The Morgan fingerprint density at radius 1 is 0.308 bits per heavy atom. The number of ether oxygens (including phenoxy) is 3. The Morgan fingerprint density at radius 3 is 0.862 bits per heavy atom. The SMILES string of the molecule is CCCCCCC/C=C\C/C=C\C/C=C\CCCCCCCCCCCCCCC(=O)OCC(COC(=O)CCCCCCCCC)OC(=O)CCCCCCCCCCCCCCC. The molecule has 0 aromatic carbocycles. The molecule has 0 saturated carbocycles. The van der Waals surface area contributed by atoms with Gasteiger partial charge in [0.15, 0.2) is 6.10 Å². The molecule has 0 radical (unpaired) electrons. The molecule has 0 N–H and O–H groups in total. The zero-order chi connectivity index (χ0) is 47.2. The second kappa shape index (κ2) is 54.2. The van der Waals surface area contributed by atoms with Crippen molar-refractivity contribution < 1.29 is 28.6 Å². The van der Waals surface area contributed by atoms with E-state index >= 15 is 0 Å². The quantitative estimate of drug-likeness (QED) is 0.0262. The van der Waals surface area contributed by atoms with E-state index in [-0.39, 0.29) is 31.1 Å². The monoisotopic (exact) mass is 913 g/mol. The largest absolute Gasteiger partial charge is 0.462 e. The maximum Gasteiger partial charge on any atom is 0.306 e. The molecule has 0 fully saturated rings. The summed E-state index contributed by atoms with van der Waals surface area (Å²) in [6, 6.07) is 0. The third kappa shape index (κ3) is 52.5. The minimum absolute atomic E-state index is 0.0686. The third-order valence-corrected chi connectivity index (χ3v) is 12.6. The Hall–Kier alpha value is -2.37. The van der Waals surface area contributed by atoms with E-state index in [9.17, 15) is 14.4 Å². The van der Waals surface area contributed by atoms with Crippen molar-refractivity contribution in [2.45, 2.75) is 309 Å². The van der Waals surface area contributed by atoms with Crippen LogP contribution in [-0.2, 0) is 28.6 Å². The fourth-order valence-electron chi connectivity index (χ4n) is 8.33. The smallest absolute Gasteiger partial charge is 0.306 e. The molecule has 0 aromatic heterocycles. The maximum atomic E-state index is 12.8. The van der Waals surface area contributed by atoms with Crippen LogP contribution < -0.4 is 0 Å². The highest BCUT2D eigenvalue weighted by Crippen LogP contribution is 2.16. The molecule has 0 aliphatic rings. The molecule has 1 unspecified atom stereocenters. The molecule has 0 aromatic rings. The standard InChI is InChI=1S/C59H108O6/c1-4-7-10-13-16-18-20-22-23-24-25-26-27-28-29-30-31-32-33-34-35-37-38-40-43-46-49-52-58(61)64-55-56(54-63-57(60)51-48-45-42-15-12-9-6-3)65-59(62)53-50-47-44-41-39-36-21-19-17-14-11-8-5-2/h20,22,24-25,27-28,56H,4-19,21,23,26,29-55H2,1-3H3/b22-20-,25-24-,28-27-. The molecule has 0 aliphatic carbocycles. The van der Waals surface area contributed by atoms with Crippen LogP contribution in [0.15, 0.2) is 36.5 Å². The van der Waals surface area contributed by atoms with E-state index in [0.717, 1.165) is 70.6 Å². The van der Waals surface area contributed by atoms with Gasteiger partial charge in [-0.15, -0.1) is 0 Å². The second-order valence-corrected chi connectivity index (χ2v) is 19.2. The summed E-state index contributed by atoms with van der Waals surface area (Å²) in [5, 5.41) is 0. The Labute approximate surface area is 404 Å². The van der Waals surface area contributed by atoms with Gasteiger partial charge in [-0.3, -0.25) is 14.4 Å². The Bertz CT molecular complexity index is 1090. The molecule has 0 amide bonds. The van der Waals surface area contributed by atoms with Crippen LogP contribution in [0.25, 0.3) is 0 Å². The minimum atomic E-state index is -0.765. The zero-order valence-electron chi connectivity index (χ0n) is 43.5. The van der Waals surface area contributed by atoms with E-state index in [0.29, 0.717) is 19.3 Å². The molecule has 0 aliphatic heterocycles. The molecule has 1 atom stereocenters. The van der Waals surface area contributed by atoms with Crippen LogP contribution >= 0.6 is 0 Å². The van der Waals surface area contributed by atoms with Crippen LogP contribution in [0.3, 0.4) is 0 Å². The first kappa shape index (κ1) is 62.6. The van der Waals surface area contributed by atoms with Crippen molar-refractivity contribution in [3.8, 4) is 0 Å². The lowest BCUT2D eigenvalue weighted by atomic mass is 10.0. The van der Waals surface area contributed by atoms with Crippen molar-refractivity contribution in [1.82, 2.24) is 0 Å². The molecule has 0 bridgehead atoms. The lowest BCUT2D eigenvalue weighted by Crippen LogP contribution is -2.30. The second-order valence-electron chi connectivity index (χ2n) is 19.2. The van der Waals surface area contributed by atoms with Crippen molar-refractivity contribution in [3.05, 3.63) is 36.5 Å². The van der Waals surface area contributed by atoms with Crippen LogP contribution in [0, 0.1) is 0 Å². The van der Waals surface area contributed by atoms with Gasteiger partial charge >= 0.3 is 17.9 Å². The van der Waals surface area contributed by atoms with Gasteiger partial charge in [0.05, 0.1) is 0 Å². The van der Waals surface area contributed by atoms with Crippen molar-refractivity contribution in [2.75, 3.05) is 13.2 Å². The molecule has 380 valence electrons. The van der Waals surface area contributed by atoms with Gasteiger partial charge in [-0.2, -0.15) is 0 Å². The molecule has 0 rings (SSSR count). The summed E-state index contributed by atoms with van der Waals surface area (Å²) in [7, 11) is 0. The van der Waals surface area contributed by atoms with Crippen LogP contribution in [0.4, 0.5) is 0 Å². The predicted molar refractivity (Wildman–Crippen MR) is 279 cm³/mol. The first-order valence-electron chi connectivity index (χ1n) is 28.5. The van der Waals surface area contributed by atoms with Gasteiger partial charge in [0.25, 0.3) is 0 Å². The molecule has 0 heterocycles. The maximum absolute atomic E-state index is 12.8. The van der Waals surface area contributed by atoms with E-state index < -0.39 is 6.10 Å². The average Bonchev–Trinajstić information content (AvgIpc) is 3.30. The highest BCUT2D eigenvalue weighted by atomic mass is 16.6. The van der Waals surface area contributed by atoms with Crippen LogP contribution in [0.5, 0.6) is 0 Å². The lowest BCUT2D eigenvalue weighted by molar-refractivity contribution is -0.167. The number of allylic oxidation sites excluding steroid dienone is 6. The lowest BCUT2D eigenvalue weighted by Gasteiger charge is -2.18. The highest BCUT2D eigenvalue weighted by molar-refractivity contribution is 5.71. The summed E-state index contributed by atoms with van der Waals surface area (Å²) < 4.78 is 16.8. The summed E-state index contributed by atoms with van der Waals surface area (Å²) in [6.07, 6.45) is 64.5. The summed E-state index contributed by atoms with van der Waals surface area (Å²) in [4.78, 5) is 37.8. The van der Waals surface area contributed by atoms with E-state index in [1.54, 1.807) is 0 Å². The van der Waals surface area contributed by atoms with Crippen molar-refractivity contribution in [1.29, 1.82) is 0 Å². The van der Waals surface area contributed by atoms with Crippen molar-refractivity contribution >= 4 is 17.9 Å². The minimum Gasteiger partial charge on any atom is -0.462 e. The fraction of sp³-hybridized carbons (Fsp3) is 0.847. The van der Waals surface area contributed by atoms with Gasteiger partial charge in [0.2, 0.25) is 0 Å². The van der Waals surface area contributed by atoms with Crippen LogP contribution in [0.2, 0.25) is 0 Å². The van der Waals surface area contributed by atoms with Gasteiger partial charge in [0.1, 0.15) is 13.2 Å². The molecule has 0 spiro atoms. The van der Waals surface area contributed by atoms with E-state index in [2.05, 4.69) is 57.2 Å². The fourth-order valence-corrected chi connectivity index (χ4v) is 8.33. The molecule has 6 heteroatoms. The molecule has 65 heavy (non-hydrogen) atoms. The van der Waals surface area contributed by atoms with E-state index in [4.69, 9.17) is 14.2 Å². The Morgan fingerprint density at radius 2 is 0.554 bits per heavy atom. The summed E-state index contributed by atoms with van der Waals surface area (Å²) >= 11 is 0. The molecular weight excluding hydrogens is 805 g/mol. The predicted octanol–water partition coefficient (Wildman–Crippen LogP) is 18.9. The van der Waals surface area contributed by atoms with Crippen molar-refractivity contribution in [3.63, 3.8) is 0 Å². The van der Waals surface area contributed by atoms with Gasteiger partial charge in [-0.25, -0.2) is 0 Å². The topological polar surface area (TPSA) is 78.9 Å². The first-order chi connectivity index (χ1) is 32.0. The molecule has 0 saturated heterocycles. The van der Waals surface area contributed by atoms with Crippen molar-refractivity contribution in [2.24, 2.45) is 0 Å². The zero-order valence-corrected chi connectivity index (χ0v) is 43.5. The van der Waals surface area contributed by atoms with Gasteiger partial charge < -0.3 is 14.2 Å². The van der Waals surface area contributed by atoms with Gasteiger partial charge in [-0.05, 0) is 57.8 Å². The van der Waals surface area contributed by atoms with Crippen LogP contribution in [0.1, 0.15) is 303 Å². The van der Waals surface area contributed by atoms with E-state index in [1.807, 2.05) is 0 Å². The summed E-state index contributed by atoms with van der Waals surface area (Å²) in [5.41, 5.74) is 0. The first-order valence-corrected chi connectivity index (χ1v) is 28.5. The van der Waals surface area contributed by atoms with Gasteiger partial charge in [0, 0.05) is 19.3 Å². The van der Waals surface area contributed by atoms with E-state index in [1.165, 1.54) is 193 Å². The number of hydrogen-bond donors (Lipinski definition) is 0.